The lowest BCUT2D eigenvalue weighted by Crippen LogP contribution is -2.60. The zero-order valence-corrected chi connectivity index (χ0v) is 13.0. The molecule has 19 heavy (non-hydrogen) atoms. The molecule has 0 spiro atoms. The van der Waals surface area contributed by atoms with E-state index in [2.05, 4.69) is 43.7 Å². The fourth-order valence-electron chi connectivity index (χ4n) is 2.75. The van der Waals surface area contributed by atoms with Gasteiger partial charge in [0.1, 0.15) is 0 Å². The lowest BCUT2D eigenvalue weighted by atomic mass is 9.74. The van der Waals surface area contributed by atoms with Gasteiger partial charge in [0.05, 0.1) is 6.61 Å². The zero-order valence-electron chi connectivity index (χ0n) is 10.6. The molecular weight excluding hydrogens is 322 g/mol. The summed E-state index contributed by atoms with van der Waals surface area (Å²) < 4.78 is 1.19. The molecule has 0 amide bonds. The van der Waals surface area contributed by atoms with Gasteiger partial charge in [0.25, 0.3) is 0 Å². The minimum atomic E-state index is -0.0657. The molecule has 0 bridgehead atoms. The third-order valence-electron chi connectivity index (χ3n) is 3.82. The number of hydrogen-bond donors (Lipinski definition) is 1. The molecule has 2 aromatic rings. The SMILES string of the molecule is OCC1(c2ccccc2)CN(Cc2cscc2Br)C1. The van der Waals surface area contributed by atoms with E-state index in [4.69, 9.17) is 0 Å². The summed E-state index contributed by atoms with van der Waals surface area (Å²) in [7, 11) is 0. The van der Waals surface area contributed by atoms with Gasteiger partial charge in [0.2, 0.25) is 0 Å². The molecule has 2 nitrogen and oxygen atoms in total. The number of aliphatic hydroxyl groups excluding tert-OH is 1. The average molecular weight is 338 g/mol. The number of nitrogens with zero attached hydrogens (tertiary/aromatic N) is 1. The highest BCUT2D eigenvalue weighted by Gasteiger charge is 2.43. The van der Waals surface area contributed by atoms with Crippen molar-refractivity contribution < 1.29 is 5.11 Å². The second kappa shape index (κ2) is 5.37. The number of benzene rings is 1. The predicted octanol–water partition coefficient (Wildman–Crippen LogP) is 3.26. The Labute approximate surface area is 125 Å². The molecule has 2 heterocycles. The van der Waals surface area contributed by atoms with E-state index in [1.54, 1.807) is 11.3 Å². The Bertz CT molecular complexity index is 548. The Morgan fingerprint density at radius 3 is 2.53 bits per heavy atom. The van der Waals surface area contributed by atoms with Crippen LogP contribution in [0.2, 0.25) is 0 Å². The summed E-state index contributed by atoms with van der Waals surface area (Å²) in [6.45, 7) is 3.03. The highest BCUT2D eigenvalue weighted by molar-refractivity contribution is 9.10. The maximum Gasteiger partial charge on any atom is 0.0552 e. The molecule has 4 heteroatoms. The van der Waals surface area contributed by atoms with Crippen molar-refractivity contribution in [3.05, 3.63) is 56.7 Å². The van der Waals surface area contributed by atoms with E-state index in [0.717, 1.165) is 19.6 Å². The summed E-state index contributed by atoms with van der Waals surface area (Å²) >= 11 is 5.29. The molecule has 1 N–H and O–H groups in total. The second-order valence-electron chi connectivity index (χ2n) is 5.19. The van der Waals surface area contributed by atoms with Crippen molar-refractivity contribution in [2.24, 2.45) is 0 Å². The van der Waals surface area contributed by atoms with Crippen molar-refractivity contribution in [3.63, 3.8) is 0 Å². The molecule has 0 atom stereocenters. The maximum absolute atomic E-state index is 9.75. The quantitative estimate of drug-likeness (QED) is 0.925. The number of aliphatic hydroxyl groups is 1. The topological polar surface area (TPSA) is 23.5 Å². The standard InChI is InChI=1S/C15H16BrNOS/c16-14-8-19-7-12(14)6-17-9-15(10-17,11-18)13-4-2-1-3-5-13/h1-5,7-8,18H,6,9-11H2. The van der Waals surface area contributed by atoms with Gasteiger partial charge in [0, 0.05) is 34.9 Å². The number of thiophene rings is 1. The fraction of sp³-hybridized carbons (Fsp3) is 0.333. The summed E-state index contributed by atoms with van der Waals surface area (Å²) in [4.78, 5) is 2.38. The molecule has 1 aliphatic heterocycles. The van der Waals surface area contributed by atoms with E-state index < -0.39 is 0 Å². The first-order valence-corrected chi connectivity index (χ1v) is 8.06. The van der Waals surface area contributed by atoms with E-state index >= 15 is 0 Å². The van der Waals surface area contributed by atoms with E-state index in [9.17, 15) is 5.11 Å². The van der Waals surface area contributed by atoms with Crippen LogP contribution in [0.4, 0.5) is 0 Å². The van der Waals surface area contributed by atoms with Crippen LogP contribution in [0.25, 0.3) is 0 Å². The molecule has 100 valence electrons. The molecule has 1 saturated heterocycles. The van der Waals surface area contributed by atoms with Gasteiger partial charge in [0.15, 0.2) is 0 Å². The Hall–Kier alpha value is -0.680. The molecule has 1 fully saturated rings. The average Bonchev–Trinajstić information content (AvgIpc) is 2.80. The van der Waals surface area contributed by atoms with E-state index in [1.807, 2.05) is 18.2 Å². The Morgan fingerprint density at radius 2 is 1.95 bits per heavy atom. The van der Waals surface area contributed by atoms with Crippen molar-refractivity contribution in [2.75, 3.05) is 19.7 Å². The summed E-state index contributed by atoms with van der Waals surface area (Å²) in [5.74, 6) is 0. The Morgan fingerprint density at radius 1 is 1.21 bits per heavy atom. The first-order chi connectivity index (χ1) is 9.23. The van der Waals surface area contributed by atoms with Gasteiger partial charge in [-0.3, -0.25) is 4.90 Å². The van der Waals surface area contributed by atoms with Gasteiger partial charge in [-0.15, -0.1) is 0 Å². The molecule has 0 radical (unpaired) electrons. The first kappa shape index (κ1) is 13.3. The fourth-order valence-corrected chi connectivity index (χ4v) is 4.17. The molecule has 0 saturated carbocycles. The summed E-state index contributed by atoms with van der Waals surface area (Å²) in [5, 5.41) is 14.1. The summed E-state index contributed by atoms with van der Waals surface area (Å²) in [6.07, 6.45) is 0. The van der Waals surface area contributed by atoms with E-state index in [-0.39, 0.29) is 12.0 Å². The minimum Gasteiger partial charge on any atom is -0.395 e. The second-order valence-corrected chi connectivity index (χ2v) is 6.79. The monoisotopic (exact) mass is 337 g/mol. The number of rotatable bonds is 4. The Kier molecular flexibility index (Phi) is 3.76. The zero-order chi connectivity index (χ0) is 13.3. The van der Waals surface area contributed by atoms with Gasteiger partial charge >= 0.3 is 0 Å². The lowest BCUT2D eigenvalue weighted by molar-refractivity contribution is 0.0139. The number of hydrogen-bond acceptors (Lipinski definition) is 3. The third-order valence-corrected chi connectivity index (χ3v) is 5.66. The van der Waals surface area contributed by atoms with Crippen molar-refractivity contribution >= 4 is 27.3 Å². The van der Waals surface area contributed by atoms with Gasteiger partial charge in [-0.25, -0.2) is 0 Å². The molecule has 3 rings (SSSR count). The molecule has 1 aliphatic rings. The molecule has 1 aromatic heterocycles. The van der Waals surface area contributed by atoms with Crippen LogP contribution in [0.1, 0.15) is 11.1 Å². The lowest BCUT2D eigenvalue weighted by Gasteiger charge is -2.49. The largest absolute Gasteiger partial charge is 0.395 e. The number of halogens is 1. The van der Waals surface area contributed by atoms with Gasteiger partial charge in [-0.05, 0) is 32.4 Å². The minimum absolute atomic E-state index is 0.0657. The summed E-state index contributed by atoms with van der Waals surface area (Å²) in [6, 6.07) is 10.4. The third kappa shape index (κ3) is 2.50. The predicted molar refractivity (Wildman–Crippen MR) is 82.5 cm³/mol. The van der Waals surface area contributed by atoms with Crippen LogP contribution in [0.5, 0.6) is 0 Å². The van der Waals surface area contributed by atoms with Crippen molar-refractivity contribution in [3.8, 4) is 0 Å². The molecular formula is C15H16BrNOS. The normalized spacial score (nSPS) is 18.2. The van der Waals surface area contributed by atoms with Crippen LogP contribution >= 0.6 is 27.3 Å². The Balaban J connectivity index is 1.69. The van der Waals surface area contributed by atoms with Crippen LogP contribution in [0.3, 0.4) is 0 Å². The highest BCUT2D eigenvalue weighted by atomic mass is 79.9. The van der Waals surface area contributed by atoms with Crippen molar-refractivity contribution in [2.45, 2.75) is 12.0 Å². The first-order valence-electron chi connectivity index (χ1n) is 6.33. The van der Waals surface area contributed by atoms with Crippen LogP contribution < -0.4 is 0 Å². The van der Waals surface area contributed by atoms with Crippen LogP contribution in [-0.2, 0) is 12.0 Å². The highest BCUT2D eigenvalue weighted by Crippen LogP contribution is 2.36. The van der Waals surface area contributed by atoms with Crippen molar-refractivity contribution in [1.82, 2.24) is 4.90 Å². The van der Waals surface area contributed by atoms with Gasteiger partial charge in [-0.2, -0.15) is 11.3 Å². The summed E-state index contributed by atoms with van der Waals surface area (Å²) in [5.41, 5.74) is 2.52. The molecule has 0 unspecified atom stereocenters. The van der Waals surface area contributed by atoms with Crippen LogP contribution in [-0.4, -0.2) is 29.7 Å². The maximum atomic E-state index is 9.75. The number of likely N-dealkylation sites (tertiary alicyclic amines) is 1. The van der Waals surface area contributed by atoms with Gasteiger partial charge < -0.3 is 5.11 Å². The van der Waals surface area contributed by atoms with E-state index in [0.29, 0.717) is 0 Å². The van der Waals surface area contributed by atoms with Gasteiger partial charge in [-0.1, -0.05) is 30.3 Å². The molecule has 1 aromatic carbocycles. The molecule has 0 aliphatic carbocycles. The van der Waals surface area contributed by atoms with E-state index in [1.165, 1.54) is 15.6 Å². The van der Waals surface area contributed by atoms with Crippen LogP contribution in [0.15, 0.2) is 45.6 Å². The smallest absolute Gasteiger partial charge is 0.0552 e. The van der Waals surface area contributed by atoms with Crippen molar-refractivity contribution in [1.29, 1.82) is 0 Å². The van der Waals surface area contributed by atoms with Crippen LogP contribution in [0, 0.1) is 0 Å².